The molecule has 194 valence electrons. The lowest BCUT2D eigenvalue weighted by molar-refractivity contribution is 0.177. The molecule has 3 aliphatic heterocycles. The van der Waals surface area contributed by atoms with Crippen LogP contribution in [-0.2, 0) is 13.0 Å². The van der Waals surface area contributed by atoms with Crippen molar-refractivity contribution in [2.45, 2.75) is 46.1 Å². The van der Waals surface area contributed by atoms with Crippen molar-refractivity contribution < 1.29 is 4.74 Å². The second-order valence-electron chi connectivity index (χ2n) is 10.3. The second kappa shape index (κ2) is 11.6. The van der Waals surface area contributed by atoms with Gasteiger partial charge in [-0.2, -0.15) is 9.97 Å². The van der Waals surface area contributed by atoms with Gasteiger partial charge in [-0.3, -0.25) is 9.89 Å². The Kier molecular flexibility index (Phi) is 8.02. The van der Waals surface area contributed by atoms with Gasteiger partial charge in [0.25, 0.3) is 0 Å². The van der Waals surface area contributed by atoms with Crippen molar-refractivity contribution in [3.8, 4) is 6.01 Å². The monoisotopic (exact) mass is 491 g/mol. The fourth-order valence-electron chi connectivity index (χ4n) is 5.76. The minimum absolute atomic E-state index is 0.525. The zero-order chi connectivity index (χ0) is 24.9. The standard InChI is InChI=1S/C28H41N7O/c1-21-7-8-22(2)26(24(21)19-29-3)35-14-9-23-25(20-35)31-28(32-27(23)34-15-10-30-11-16-34)36-18-17-33-12-5-4-6-13-33/h7-8,19,30H,4-6,9-18,20H2,1-3H3. The van der Waals surface area contributed by atoms with Gasteiger partial charge >= 0.3 is 6.01 Å². The SMILES string of the molecule is CN=Cc1c(C)ccc(C)c1N1CCc2c(nc(OCCN3CCCCC3)nc2N2CCNCC2)C1. The highest BCUT2D eigenvalue weighted by atomic mass is 16.5. The average molecular weight is 492 g/mol. The molecule has 0 unspecified atom stereocenters. The maximum atomic E-state index is 6.21. The maximum absolute atomic E-state index is 6.21. The first-order valence-electron chi connectivity index (χ1n) is 13.6. The number of likely N-dealkylation sites (tertiary alicyclic amines) is 1. The normalized spacial score (nSPS) is 19.1. The van der Waals surface area contributed by atoms with Gasteiger partial charge in [0.05, 0.1) is 12.2 Å². The summed E-state index contributed by atoms with van der Waals surface area (Å²) in [5.41, 5.74) is 7.37. The summed E-state index contributed by atoms with van der Waals surface area (Å²) in [4.78, 5) is 21.7. The summed E-state index contributed by atoms with van der Waals surface area (Å²) in [5, 5.41) is 3.47. The molecule has 0 saturated carbocycles. The summed E-state index contributed by atoms with van der Waals surface area (Å²) in [5.74, 6) is 1.07. The third kappa shape index (κ3) is 5.49. The number of piperidine rings is 1. The molecule has 2 saturated heterocycles. The Morgan fingerprint density at radius 3 is 2.53 bits per heavy atom. The summed E-state index contributed by atoms with van der Waals surface area (Å²) in [7, 11) is 1.84. The molecule has 0 aliphatic carbocycles. The van der Waals surface area contributed by atoms with Crippen LogP contribution in [0.15, 0.2) is 17.1 Å². The quantitative estimate of drug-likeness (QED) is 0.597. The second-order valence-corrected chi connectivity index (χ2v) is 10.3. The zero-order valence-corrected chi connectivity index (χ0v) is 22.2. The molecule has 36 heavy (non-hydrogen) atoms. The van der Waals surface area contributed by atoms with Crippen molar-refractivity contribution in [1.29, 1.82) is 0 Å². The lowest BCUT2D eigenvalue weighted by Gasteiger charge is -2.36. The molecule has 1 N–H and O–H groups in total. The average Bonchev–Trinajstić information content (AvgIpc) is 2.91. The van der Waals surface area contributed by atoms with E-state index in [1.54, 1.807) is 0 Å². The number of anilines is 2. The highest BCUT2D eigenvalue weighted by Crippen LogP contribution is 2.34. The van der Waals surface area contributed by atoms with Crippen LogP contribution in [0.1, 0.15) is 47.2 Å². The van der Waals surface area contributed by atoms with Gasteiger partial charge in [-0.25, -0.2) is 0 Å². The lowest BCUT2D eigenvalue weighted by atomic mass is 9.98. The van der Waals surface area contributed by atoms with Crippen LogP contribution in [0, 0.1) is 13.8 Å². The van der Waals surface area contributed by atoms with Gasteiger partial charge in [0.15, 0.2) is 0 Å². The van der Waals surface area contributed by atoms with E-state index in [2.05, 4.69) is 51.0 Å². The first-order valence-corrected chi connectivity index (χ1v) is 13.6. The highest BCUT2D eigenvalue weighted by Gasteiger charge is 2.28. The Bertz CT molecular complexity index is 1070. The molecular weight excluding hydrogens is 450 g/mol. The molecule has 8 heteroatoms. The van der Waals surface area contributed by atoms with Crippen molar-refractivity contribution >= 4 is 17.7 Å². The number of nitrogens with zero attached hydrogens (tertiary/aromatic N) is 6. The molecule has 2 fully saturated rings. The Hall–Kier alpha value is -2.71. The molecule has 0 spiro atoms. The van der Waals surface area contributed by atoms with E-state index >= 15 is 0 Å². The molecular formula is C28H41N7O. The zero-order valence-electron chi connectivity index (χ0n) is 22.2. The van der Waals surface area contributed by atoms with Crippen LogP contribution in [0.4, 0.5) is 11.5 Å². The number of fused-ring (bicyclic) bond motifs is 1. The fraction of sp³-hybridized carbons (Fsp3) is 0.607. The van der Waals surface area contributed by atoms with Gasteiger partial charge in [-0.15, -0.1) is 0 Å². The number of aryl methyl sites for hydroxylation is 2. The summed E-state index contributed by atoms with van der Waals surface area (Å²) < 4.78 is 6.21. The third-order valence-electron chi connectivity index (χ3n) is 7.74. The fourth-order valence-corrected chi connectivity index (χ4v) is 5.76. The van der Waals surface area contributed by atoms with Crippen LogP contribution in [-0.4, -0.2) is 87.1 Å². The Morgan fingerprint density at radius 1 is 0.972 bits per heavy atom. The van der Waals surface area contributed by atoms with Crippen molar-refractivity contribution in [2.24, 2.45) is 4.99 Å². The molecule has 8 nitrogen and oxygen atoms in total. The first kappa shape index (κ1) is 25.0. The van der Waals surface area contributed by atoms with E-state index in [-0.39, 0.29) is 0 Å². The van der Waals surface area contributed by atoms with Gasteiger partial charge in [0, 0.05) is 69.3 Å². The molecule has 4 heterocycles. The number of nitrogens with one attached hydrogen (secondary N) is 1. The Labute approximate surface area is 215 Å². The van der Waals surface area contributed by atoms with Crippen LogP contribution in [0.2, 0.25) is 0 Å². The topological polar surface area (TPSA) is 69.1 Å². The predicted octanol–water partition coefficient (Wildman–Crippen LogP) is 2.98. The van der Waals surface area contributed by atoms with Crippen molar-refractivity contribution in [3.05, 3.63) is 40.1 Å². The van der Waals surface area contributed by atoms with Crippen LogP contribution in [0.5, 0.6) is 6.01 Å². The lowest BCUT2D eigenvalue weighted by Crippen LogP contribution is -2.45. The van der Waals surface area contributed by atoms with E-state index in [0.717, 1.165) is 63.7 Å². The van der Waals surface area contributed by atoms with Gasteiger partial charge < -0.3 is 19.9 Å². The van der Waals surface area contributed by atoms with Gasteiger partial charge in [-0.1, -0.05) is 18.6 Å². The molecule has 3 aliphatic rings. The number of hydrogen-bond acceptors (Lipinski definition) is 8. The number of aromatic nitrogens is 2. The van der Waals surface area contributed by atoms with E-state index < -0.39 is 0 Å². The maximum Gasteiger partial charge on any atom is 0.318 e. The molecule has 0 bridgehead atoms. The van der Waals surface area contributed by atoms with Gasteiger partial charge in [0.2, 0.25) is 0 Å². The van der Waals surface area contributed by atoms with Crippen molar-refractivity contribution in [1.82, 2.24) is 20.2 Å². The smallest absolute Gasteiger partial charge is 0.318 e. The number of ether oxygens (including phenoxy) is 1. The number of aliphatic imine (C=N–C) groups is 1. The van der Waals surface area contributed by atoms with Crippen molar-refractivity contribution in [3.63, 3.8) is 0 Å². The summed E-state index contributed by atoms with van der Waals surface area (Å²) in [6, 6.07) is 4.93. The van der Waals surface area contributed by atoms with Crippen molar-refractivity contribution in [2.75, 3.05) is 75.8 Å². The number of benzene rings is 1. The predicted molar refractivity (Wildman–Crippen MR) is 147 cm³/mol. The molecule has 0 atom stereocenters. The molecule has 2 aromatic rings. The first-order chi connectivity index (χ1) is 17.6. The molecule has 0 radical (unpaired) electrons. The summed E-state index contributed by atoms with van der Waals surface area (Å²) in [6.07, 6.45) is 6.86. The minimum atomic E-state index is 0.525. The number of hydrogen-bond donors (Lipinski definition) is 1. The van der Waals surface area contributed by atoms with E-state index in [1.807, 2.05) is 13.3 Å². The molecule has 1 aromatic carbocycles. The Balaban J connectivity index is 1.42. The van der Waals surface area contributed by atoms with E-state index in [9.17, 15) is 0 Å². The molecule has 5 rings (SSSR count). The molecule has 1 aromatic heterocycles. The van der Waals surface area contributed by atoms with E-state index in [4.69, 9.17) is 14.7 Å². The largest absolute Gasteiger partial charge is 0.462 e. The molecule has 0 amide bonds. The van der Waals surface area contributed by atoms with Crippen LogP contribution in [0.3, 0.4) is 0 Å². The van der Waals surface area contributed by atoms with Crippen LogP contribution >= 0.6 is 0 Å². The number of piperazine rings is 1. The Morgan fingerprint density at radius 2 is 1.75 bits per heavy atom. The van der Waals surface area contributed by atoms with Gasteiger partial charge in [0.1, 0.15) is 12.4 Å². The number of rotatable bonds is 7. The third-order valence-corrected chi connectivity index (χ3v) is 7.74. The van der Waals surface area contributed by atoms with Crippen LogP contribution < -0.4 is 19.9 Å². The van der Waals surface area contributed by atoms with E-state index in [0.29, 0.717) is 12.6 Å². The highest BCUT2D eigenvalue weighted by molar-refractivity contribution is 5.91. The minimum Gasteiger partial charge on any atom is -0.462 e. The summed E-state index contributed by atoms with van der Waals surface area (Å²) >= 11 is 0. The van der Waals surface area contributed by atoms with E-state index in [1.165, 1.54) is 60.3 Å². The van der Waals surface area contributed by atoms with Crippen LogP contribution in [0.25, 0.3) is 0 Å². The summed E-state index contributed by atoms with van der Waals surface area (Å²) in [6.45, 7) is 13.9. The van der Waals surface area contributed by atoms with Gasteiger partial charge in [-0.05, 0) is 57.3 Å².